The van der Waals surface area contributed by atoms with Gasteiger partial charge < -0.3 is 4.57 Å². The Morgan fingerprint density at radius 1 is 1.33 bits per heavy atom. The topological polar surface area (TPSA) is 69.8 Å². The minimum absolute atomic E-state index is 0.0676. The van der Waals surface area contributed by atoms with E-state index in [1.807, 2.05) is 19.9 Å². The first kappa shape index (κ1) is 18.0. The zero-order valence-electron chi connectivity index (χ0n) is 15.7. The van der Waals surface area contributed by atoms with Crippen molar-refractivity contribution in [2.24, 2.45) is 0 Å². The van der Waals surface area contributed by atoms with E-state index in [0.717, 1.165) is 17.0 Å². The number of aromatic nitrogens is 4. The van der Waals surface area contributed by atoms with Gasteiger partial charge in [0.2, 0.25) is 0 Å². The Bertz CT molecular complexity index is 1100. The largest absolute Gasteiger partial charge is 0.345 e. The lowest BCUT2D eigenvalue weighted by atomic mass is 10.2. The average Bonchev–Trinajstić information content (AvgIpc) is 3.44. The zero-order valence-corrected chi connectivity index (χ0v) is 16.5. The van der Waals surface area contributed by atoms with Crippen LogP contribution in [0.5, 0.6) is 0 Å². The highest BCUT2D eigenvalue weighted by Crippen LogP contribution is 2.38. The highest BCUT2D eigenvalue weighted by molar-refractivity contribution is 7.99. The van der Waals surface area contributed by atoms with Gasteiger partial charge in [-0.05, 0) is 51.8 Å². The van der Waals surface area contributed by atoms with Crippen molar-refractivity contribution in [3.05, 3.63) is 51.7 Å². The van der Waals surface area contributed by atoms with Gasteiger partial charge in [0, 0.05) is 35.7 Å². The number of carbonyl (C=O) groups excluding carboxylic acids is 1. The van der Waals surface area contributed by atoms with Crippen LogP contribution in [0, 0.1) is 13.8 Å². The maximum absolute atomic E-state index is 12.8. The van der Waals surface area contributed by atoms with Crippen molar-refractivity contribution < 1.29 is 4.79 Å². The van der Waals surface area contributed by atoms with Gasteiger partial charge in [0.05, 0.1) is 11.1 Å². The maximum atomic E-state index is 12.8. The zero-order chi connectivity index (χ0) is 19.1. The number of nitrogens with zero attached hydrogens (tertiary/aromatic N) is 4. The number of rotatable bonds is 6. The molecular formula is C20H22N4O2S. The Kier molecular flexibility index (Phi) is 4.63. The Morgan fingerprint density at radius 3 is 2.81 bits per heavy atom. The molecule has 3 aromatic rings. The van der Waals surface area contributed by atoms with Crippen LogP contribution in [-0.4, -0.2) is 30.6 Å². The van der Waals surface area contributed by atoms with E-state index >= 15 is 0 Å². The molecule has 0 aromatic carbocycles. The fraction of sp³-hybridized carbons (Fsp3) is 0.400. The number of fused-ring (bicyclic) bond motifs is 1. The first-order chi connectivity index (χ1) is 13.0. The second-order valence-corrected chi connectivity index (χ2v) is 7.86. The monoisotopic (exact) mass is 382 g/mol. The molecule has 6 nitrogen and oxygen atoms in total. The average molecular weight is 382 g/mol. The van der Waals surface area contributed by atoms with Crippen LogP contribution < -0.4 is 5.56 Å². The first-order valence-corrected chi connectivity index (χ1v) is 10.2. The van der Waals surface area contributed by atoms with Crippen LogP contribution in [0.4, 0.5) is 0 Å². The molecule has 0 saturated heterocycles. The van der Waals surface area contributed by atoms with Crippen molar-refractivity contribution in [3.63, 3.8) is 0 Å². The lowest BCUT2D eigenvalue weighted by Crippen LogP contribution is -2.23. The van der Waals surface area contributed by atoms with Crippen molar-refractivity contribution in [3.8, 4) is 0 Å². The summed E-state index contributed by atoms with van der Waals surface area (Å²) in [4.78, 5) is 34.2. The molecular weight excluding hydrogens is 360 g/mol. The van der Waals surface area contributed by atoms with Crippen LogP contribution >= 0.6 is 11.8 Å². The molecule has 3 heterocycles. The molecule has 0 bridgehead atoms. The highest BCUT2D eigenvalue weighted by atomic mass is 32.2. The molecule has 0 amide bonds. The molecule has 7 heteroatoms. The molecule has 1 aliphatic carbocycles. The Balaban J connectivity index is 1.61. The van der Waals surface area contributed by atoms with E-state index in [0.29, 0.717) is 28.8 Å². The summed E-state index contributed by atoms with van der Waals surface area (Å²) in [7, 11) is 0. The maximum Gasteiger partial charge on any atom is 0.263 e. The Labute approximate surface area is 161 Å². The molecule has 0 atom stereocenters. The summed E-state index contributed by atoms with van der Waals surface area (Å²) in [6.45, 7) is 6.48. The van der Waals surface area contributed by atoms with Gasteiger partial charge >= 0.3 is 0 Å². The van der Waals surface area contributed by atoms with Crippen LogP contribution in [0.25, 0.3) is 11.0 Å². The van der Waals surface area contributed by atoms with Crippen molar-refractivity contribution in [1.82, 2.24) is 19.1 Å². The molecule has 1 aliphatic rings. The third-order valence-corrected chi connectivity index (χ3v) is 6.02. The van der Waals surface area contributed by atoms with Crippen LogP contribution in [0.15, 0.2) is 34.3 Å². The second-order valence-electron chi connectivity index (χ2n) is 6.92. The van der Waals surface area contributed by atoms with Crippen molar-refractivity contribution >= 4 is 28.6 Å². The first-order valence-electron chi connectivity index (χ1n) is 9.21. The van der Waals surface area contributed by atoms with Gasteiger partial charge in [-0.1, -0.05) is 11.8 Å². The molecule has 1 saturated carbocycles. The van der Waals surface area contributed by atoms with Crippen LogP contribution in [-0.2, 0) is 6.54 Å². The molecule has 0 unspecified atom stereocenters. The number of Topliss-reactive ketones (excluding diaryl/α,β-unsaturated/α-hetero) is 1. The summed E-state index contributed by atoms with van der Waals surface area (Å²) < 4.78 is 3.88. The standard InChI is InChI=1S/C20H22N4O2S/c1-4-23-19(26)15-6-5-9-21-18(15)22-20(23)27-11-17(25)16-10-12(2)24(13(16)3)14-7-8-14/h5-6,9-10,14H,4,7-8,11H2,1-3H3. The Morgan fingerprint density at radius 2 is 2.11 bits per heavy atom. The Hall–Kier alpha value is -2.41. The lowest BCUT2D eigenvalue weighted by molar-refractivity contribution is 0.102. The third kappa shape index (κ3) is 3.20. The van der Waals surface area contributed by atoms with E-state index in [2.05, 4.69) is 21.5 Å². The summed E-state index contributed by atoms with van der Waals surface area (Å²) in [5, 5.41) is 1.04. The normalized spacial score (nSPS) is 14.0. The fourth-order valence-electron chi connectivity index (χ4n) is 3.59. The molecule has 0 radical (unpaired) electrons. The molecule has 0 aliphatic heterocycles. The summed E-state index contributed by atoms with van der Waals surface area (Å²) in [6.07, 6.45) is 4.00. The molecule has 27 heavy (non-hydrogen) atoms. The van der Waals surface area contributed by atoms with E-state index in [4.69, 9.17) is 0 Å². The predicted octanol–water partition coefficient (Wildman–Crippen LogP) is 3.54. The molecule has 0 N–H and O–H groups in total. The smallest absolute Gasteiger partial charge is 0.263 e. The number of hydrogen-bond donors (Lipinski definition) is 0. The lowest BCUT2D eigenvalue weighted by Gasteiger charge is -2.10. The van der Waals surface area contributed by atoms with Crippen molar-refractivity contribution in [2.75, 3.05) is 5.75 Å². The number of ketones is 1. The molecule has 1 fully saturated rings. The number of thioether (sulfide) groups is 1. The number of carbonyl (C=O) groups is 1. The second kappa shape index (κ2) is 6.96. The summed E-state index contributed by atoms with van der Waals surface area (Å²) in [5.74, 6) is 0.317. The minimum atomic E-state index is -0.113. The number of pyridine rings is 1. The molecule has 0 spiro atoms. The van der Waals surface area contributed by atoms with E-state index in [1.54, 1.807) is 22.9 Å². The van der Waals surface area contributed by atoms with Gasteiger partial charge in [-0.3, -0.25) is 14.2 Å². The van der Waals surface area contributed by atoms with E-state index in [-0.39, 0.29) is 17.1 Å². The van der Waals surface area contributed by atoms with Gasteiger partial charge in [0.25, 0.3) is 5.56 Å². The predicted molar refractivity (Wildman–Crippen MR) is 107 cm³/mol. The van der Waals surface area contributed by atoms with Gasteiger partial charge in [-0.25, -0.2) is 9.97 Å². The van der Waals surface area contributed by atoms with E-state index in [9.17, 15) is 9.59 Å². The number of aryl methyl sites for hydroxylation is 1. The highest BCUT2D eigenvalue weighted by Gasteiger charge is 2.28. The molecule has 140 valence electrons. The van der Waals surface area contributed by atoms with Crippen molar-refractivity contribution in [1.29, 1.82) is 0 Å². The summed E-state index contributed by atoms with van der Waals surface area (Å²) >= 11 is 1.30. The minimum Gasteiger partial charge on any atom is -0.345 e. The van der Waals surface area contributed by atoms with Gasteiger partial charge in [-0.15, -0.1) is 0 Å². The van der Waals surface area contributed by atoms with Gasteiger partial charge in [-0.2, -0.15) is 0 Å². The van der Waals surface area contributed by atoms with Crippen LogP contribution in [0.2, 0.25) is 0 Å². The van der Waals surface area contributed by atoms with E-state index in [1.165, 1.54) is 24.6 Å². The SMILES string of the molecule is CCn1c(SCC(=O)c2cc(C)n(C3CC3)c2C)nc2ncccc2c1=O. The van der Waals surface area contributed by atoms with Gasteiger partial charge in [0.15, 0.2) is 16.6 Å². The summed E-state index contributed by atoms with van der Waals surface area (Å²) in [5.41, 5.74) is 3.27. The van der Waals surface area contributed by atoms with Crippen molar-refractivity contribution in [2.45, 2.75) is 51.4 Å². The van der Waals surface area contributed by atoms with Crippen LogP contribution in [0.3, 0.4) is 0 Å². The molecule has 3 aromatic heterocycles. The van der Waals surface area contributed by atoms with Crippen LogP contribution in [0.1, 0.15) is 47.6 Å². The van der Waals surface area contributed by atoms with Gasteiger partial charge in [0.1, 0.15) is 0 Å². The quantitative estimate of drug-likeness (QED) is 0.370. The number of hydrogen-bond acceptors (Lipinski definition) is 5. The fourth-order valence-corrected chi connectivity index (χ4v) is 4.52. The third-order valence-electron chi connectivity index (χ3n) is 5.04. The van der Waals surface area contributed by atoms with E-state index < -0.39 is 0 Å². The molecule has 4 rings (SSSR count). The summed E-state index contributed by atoms with van der Waals surface area (Å²) in [6, 6.07) is 6.00.